The van der Waals surface area contributed by atoms with Crippen LogP contribution in [-0.4, -0.2) is 54.3 Å². The highest BCUT2D eigenvalue weighted by atomic mass is 79.9. The summed E-state index contributed by atoms with van der Waals surface area (Å²) in [6.07, 6.45) is -2.53. The van der Waals surface area contributed by atoms with Gasteiger partial charge in [-0.1, -0.05) is 15.9 Å². The highest BCUT2D eigenvalue weighted by molar-refractivity contribution is 9.10. The summed E-state index contributed by atoms with van der Waals surface area (Å²) in [5.74, 6) is -1.03. The number of hydrogen-bond donors (Lipinski definition) is 2. The minimum Gasteiger partial charge on any atom is -0.468 e. The first kappa shape index (κ1) is 26.0. The maximum Gasteiger partial charge on any atom is 0.408 e. The molecule has 0 bridgehead atoms. The molecule has 8 nitrogen and oxygen atoms in total. The lowest BCUT2D eigenvalue weighted by Gasteiger charge is -2.35. The Bertz CT molecular complexity index is 847. The van der Waals surface area contributed by atoms with Crippen LogP contribution in [0.3, 0.4) is 0 Å². The molecule has 0 aliphatic carbocycles. The monoisotopic (exact) mass is 519 g/mol. The molecular weight excluding hydrogens is 492 g/mol. The third-order valence-electron chi connectivity index (χ3n) is 4.60. The third kappa shape index (κ3) is 7.70. The van der Waals surface area contributed by atoms with Gasteiger partial charge in [0.05, 0.1) is 7.11 Å². The van der Waals surface area contributed by atoms with Crippen LogP contribution in [0, 0.1) is 0 Å². The van der Waals surface area contributed by atoms with Gasteiger partial charge < -0.3 is 14.8 Å². The second-order valence-electron chi connectivity index (χ2n) is 8.43. The molecular formula is C21H28BrF2N3O5. The lowest BCUT2D eigenvalue weighted by Crippen LogP contribution is -2.60. The van der Waals surface area contributed by atoms with Crippen LogP contribution in [0.15, 0.2) is 22.7 Å². The summed E-state index contributed by atoms with van der Waals surface area (Å²) >= 11 is 3.20. The summed E-state index contributed by atoms with van der Waals surface area (Å²) in [7, 11) is 1.26. The van der Waals surface area contributed by atoms with E-state index in [0.717, 1.165) is 0 Å². The normalized spacial score (nSPS) is 17.6. The Kier molecular flexibility index (Phi) is 8.97. The Morgan fingerprint density at radius 2 is 1.97 bits per heavy atom. The van der Waals surface area contributed by atoms with Crippen LogP contribution in [0.5, 0.6) is 0 Å². The van der Waals surface area contributed by atoms with Gasteiger partial charge in [-0.3, -0.25) is 14.6 Å². The van der Waals surface area contributed by atoms with E-state index in [-0.39, 0.29) is 12.0 Å². The van der Waals surface area contributed by atoms with E-state index in [2.05, 4.69) is 26.7 Å². The number of hydrazine groups is 1. The van der Waals surface area contributed by atoms with Crippen LogP contribution in [0.25, 0.3) is 0 Å². The lowest BCUT2D eigenvalue weighted by molar-refractivity contribution is -0.150. The molecule has 1 aromatic carbocycles. The fourth-order valence-corrected chi connectivity index (χ4v) is 3.81. The number of rotatable bonds is 6. The number of nitrogens with zero attached hydrogens (tertiary/aromatic N) is 1. The number of alkyl carbamates (subject to hydrolysis) is 1. The maximum absolute atomic E-state index is 13.2. The van der Waals surface area contributed by atoms with E-state index in [1.807, 2.05) is 0 Å². The molecule has 1 saturated heterocycles. The number of carbonyl (C=O) groups excluding carboxylic acids is 3. The molecule has 0 saturated carbocycles. The van der Waals surface area contributed by atoms with Gasteiger partial charge in [0.2, 0.25) is 0 Å². The van der Waals surface area contributed by atoms with Gasteiger partial charge >= 0.3 is 12.1 Å². The molecule has 11 heteroatoms. The van der Waals surface area contributed by atoms with Crippen LogP contribution in [0.4, 0.5) is 13.6 Å². The molecule has 0 aromatic heterocycles. The number of halogens is 3. The minimum atomic E-state index is -2.69. The summed E-state index contributed by atoms with van der Waals surface area (Å²) in [5, 5.41) is 3.78. The van der Waals surface area contributed by atoms with Crippen LogP contribution in [-0.2, 0) is 25.5 Å². The fraction of sp³-hybridized carbons (Fsp3) is 0.571. The molecule has 1 fully saturated rings. The molecule has 2 unspecified atom stereocenters. The number of hydrogen-bond acceptors (Lipinski definition) is 6. The molecule has 1 aromatic rings. The van der Waals surface area contributed by atoms with Gasteiger partial charge in [0.15, 0.2) is 0 Å². The predicted octanol–water partition coefficient (Wildman–Crippen LogP) is 3.49. The van der Waals surface area contributed by atoms with Crippen LogP contribution in [0.1, 0.15) is 51.2 Å². The van der Waals surface area contributed by atoms with Gasteiger partial charge in [0.1, 0.15) is 17.7 Å². The number of nitrogens with one attached hydrogen (secondary N) is 2. The molecule has 1 heterocycles. The Labute approximate surface area is 194 Å². The van der Waals surface area contributed by atoms with Crippen molar-refractivity contribution in [2.24, 2.45) is 0 Å². The molecule has 2 rings (SSSR count). The Morgan fingerprint density at radius 1 is 1.28 bits per heavy atom. The summed E-state index contributed by atoms with van der Waals surface area (Å²) < 4.78 is 36.9. The van der Waals surface area contributed by atoms with Gasteiger partial charge in [0, 0.05) is 23.0 Å². The van der Waals surface area contributed by atoms with Crippen LogP contribution in [0.2, 0.25) is 0 Å². The van der Waals surface area contributed by atoms with Crippen molar-refractivity contribution in [3.05, 3.63) is 33.8 Å². The summed E-state index contributed by atoms with van der Waals surface area (Å²) in [5.41, 5.74) is 2.24. The molecule has 32 heavy (non-hydrogen) atoms. The topological polar surface area (TPSA) is 97.0 Å². The van der Waals surface area contributed by atoms with Crippen molar-refractivity contribution in [1.82, 2.24) is 15.8 Å². The number of ether oxygens (including phenoxy) is 2. The number of esters is 1. The quantitative estimate of drug-likeness (QED) is 0.558. The van der Waals surface area contributed by atoms with Crippen LogP contribution >= 0.6 is 15.9 Å². The van der Waals surface area contributed by atoms with Crippen LogP contribution < -0.4 is 10.7 Å². The third-order valence-corrected chi connectivity index (χ3v) is 5.06. The van der Waals surface area contributed by atoms with Crippen molar-refractivity contribution in [2.75, 3.05) is 13.7 Å². The predicted molar refractivity (Wildman–Crippen MR) is 116 cm³/mol. The first-order chi connectivity index (χ1) is 14.9. The van der Waals surface area contributed by atoms with E-state index in [0.29, 0.717) is 29.4 Å². The average Bonchev–Trinajstić information content (AvgIpc) is 2.70. The van der Waals surface area contributed by atoms with E-state index < -0.39 is 42.1 Å². The number of carbonyl (C=O) groups is 3. The van der Waals surface area contributed by atoms with Crippen molar-refractivity contribution in [1.29, 1.82) is 0 Å². The second kappa shape index (κ2) is 11.0. The first-order valence-corrected chi connectivity index (χ1v) is 10.9. The zero-order chi connectivity index (χ0) is 24.1. The van der Waals surface area contributed by atoms with Crippen molar-refractivity contribution >= 4 is 33.9 Å². The highest BCUT2D eigenvalue weighted by Crippen LogP contribution is 2.25. The molecule has 2 N–H and O–H groups in total. The maximum atomic E-state index is 13.2. The number of benzene rings is 1. The van der Waals surface area contributed by atoms with Gasteiger partial charge in [-0.15, -0.1) is 0 Å². The van der Waals surface area contributed by atoms with Crippen molar-refractivity contribution in [3.63, 3.8) is 0 Å². The summed E-state index contributed by atoms with van der Waals surface area (Å²) in [6.45, 7) is 5.35. The fourth-order valence-electron chi connectivity index (χ4n) is 3.25. The first-order valence-electron chi connectivity index (χ1n) is 10.1. The minimum absolute atomic E-state index is 0.0572. The van der Waals surface area contributed by atoms with Gasteiger partial charge in [-0.2, -0.15) is 0 Å². The van der Waals surface area contributed by atoms with Gasteiger partial charge in [-0.25, -0.2) is 19.0 Å². The Balaban J connectivity index is 2.26. The van der Waals surface area contributed by atoms with E-state index in [1.54, 1.807) is 26.8 Å². The zero-order valence-electron chi connectivity index (χ0n) is 18.4. The number of alkyl halides is 2. The number of methoxy groups -OCH3 is 1. The molecule has 1 aliphatic heterocycles. The lowest BCUT2D eigenvalue weighted by atomic mass is 10.0. The summed E-state index contributed by atoms with van der Waals surface area (Å²) in [4.78, 5) is 37.5. The van der Waals surface area contributed by atoms with E-state index >= 15 is 0 Å². The molecule has 0 spiro atoms. The van der Waals surface area contributed by atoms with E-state index in [4.69, 9.17) is 9.47 Å². The van der Waals surface area contributed by atoms with E-state index in [1.165, 1.54) is 24.3 Å². The van der Waals surface area contributed by atoms with Crippen molar-refractivity contribution in [3.8, 4) is 0 Å². The van der Waals surface area contributed by atoms with Crippen molar-refractivity contribution < 1.29 is 32.6 Å². The average molecular weight is 520 g/mol. The Hall–Kier alpha value is -2.27. The molecule has 2 amide bonds. The molecule has 2 atom stereocenters. The SMILES string of the molecule is COC(=O)C1CCCN(C(=O)C(Cc2cc(Br)cc(C(F)F)c2)NC(=O)OC(C)(C)C)N1. The van der Waals surface area contributed by atoms with Gasteiger partial charge in [-0.05, 0) is 57.4 Å². The highest BCUT2D eigenvalue weighted by Gasteiger charge is 2.34. The zero-order valence-corrected chi connectivity index (χ0v) is 20.0. The number of amides is 2. The smallest absolute Gasteiger partial charge is 0.408 e. The van der Waals surface area contributed by atoms with E-state index in [9.17, 15) is 23.2 Å². The summed E-state index contributed by atoms with van der Waals surface area (Å²) in [6, 6.07) is 2.36. The second-order valence-corrected chi connectivity index (χ2v) is 9.35. The molecule has 1 aliphatic rings. The Morgan fingerprint density at radius 3 is 2.56 bits per heavy atom. The molecule has 0 radical (unpaired) electrons. The largest absolute Gasteiger partial charge is 0.468 e. The molecule has 178 valence electrons. The van der Waals surface area contributed by atoms with Gasteiger partial charge in [0.25, 0.3) is 12.3 Å². The standard InChI is InChI=1S/C21H28BrF2N3O5/c1-21(2,3)32-20(30)25-16(10-12-8-13(17(23)24)11-14(22)9-12)18(28)27-7-5-6-15(26-27)19(29)31-4/h8-9,11,15-17,26H,5-7,10H2,1-4H3,(H,25,30). The van der Waals surface area contributed by atoms with Crippen molar-refractivity contribution in [2.45, 2.75) is 64.1 Å².